The first-order valence-electron chi connectivity index (χ1n) is 4.54. The van der Waals surface area contributed by atoms with Gasteiger partial charge in [-0.25, -0.2) is 10.3 Å². The van der Waals surface area contributed by atoms with E-state index in [0.29, 0.717) is 0 Å². The number of benzene rings is 1. The minimum atomic E-state index is 0.885. The Morgan fingerprint density at radius 2 is 1.93 bits per heavy atom. The normalized spacial score (nSPS) is 14.7. The van der Waals surface area contributed by atoms with Crippen molar-refractivity contribution in [1.29, 1.82) is 0 Å². The maximum absolute atomic E-state index is 4.40. The van der Waals surface area contributed by atoms with Gasteiger partial charge in [0.15, 0.2) is 0 Å². The first-order chi connectivity index (χ1) is 6.79. The van der Waals surface area contributed by atoms with Gasteiger partial charge in [-0.05, 0) is 12.1 Å². The standard InChI is InChI=1S/C11H10BrN2/c1-2-11-13-7-10(14-11)8-3-5-9(12)6-4-8/h3-7H,2H2,1H3. The second kappa shape index (κ2) is 3.96. The minimum Gasteiger partial charge on any atom is -0.239 e. The van der Waals surface area contributed by atoms with Gasteiger partial charge < -0.3 is 0 Å². The summed E-state index contributed by atoms with van der Waals surface area (Å²) in [5.74, 6) is 0.905. The monoisotopic (exact) mass is 249 g/mol. The van der Waals surface area contributed by atoms with Crippen LogP contribution in [0.3, 0.4) is 0 Å². The summed E-state index contributed by atoms with van der Waals surface area (Å²) in [7, 11) is 0. The van der Waals surface area contributed by atoms with Crippen molar-refractivity contribution >= 4 is 27.5 Å². The number of hydrogen-bond acceptors (Lipinski definition) is 1. The van der Waals surface area contributed by atoms with Crippen molar-refractivity contribution in [3.63, 3.8) is 0 Å². The first kappa shape index (κ1) is 9.46. The van der Waals surface area contributed by atoms with Crippen LogP contribution >= 0.6 is 15.9 Å². The van der Waals surface area contributed by atoms with E-state index < -0.39 is 0 Å². The summed E-state index contributed by atoms with van der Waals surface area (Å²) in [5.41, 5.74) is 2.06. The van der Waals surface area contributed by atoms with Crippen LogP contribution in [0.4, 0.5) is 0 Å². The average molecular weight is 250 g/mol. The van der Waals surface area contributed by atoms with Gasteiger partial charge in [0, 0.05) is 16.5 Å². The molecular formula is C11H10BrN2. The molecule has 71 valence electrons. The summed E-state index contributed by atoms with van der Waals surface area (Å²) >= 11 is 3.40. The van der Waals surface area contributed by atoms with E-state index in [9.17, 15) is 0 Å². The van der Waals surface area contributed by atoms with Gasteiger partial charge in [-0.3, -0.25) is 0 Å². The molecule has 0 saturated heterocycles. The Labute approximate surface area is 91.9 Å². The van der Waals surface area contributed by atoms with Crippen molar-refractivity contribution in [2.24, 2.45) is 4.99 Å². The van der Waals surface area contributed by atoms with Gasteiger partial charge in [-0.2, -0.15) is 0 Å². The second-order valence-electron chi connectivity index (χ2n) is 3.03. The lowest BCUT2D eigenvalue weighted by Crippen LogP contribution is -2.02. The molecule has 0 aliphatic carbocycles. The Bertz CT molecular complexity index is 390. The molecule has 0 fully saturated rings. The summed E-state index contributed by atoms with van der Waals surface area (Å²) in [6, 6.07) is 8.09. The molecule has 14 heavy (non-hydrogen) atoms. The Balaban J connectivity index is 2.25. The SMILES string of the molecule is CCC1=NC(c2ccc(Br)cc2)=C[N]1. The zero-order valence-corrected chi connectivity index (χ0v) is 9.45. The van der Waals surface area contributed by atoms with Gasteiger partial charge >= 0.3 is 0 Å². The molecule has 0 saturated carbocycles. The van der Waals surface area contributed by atoms with E-state index in [-0.39, 0.29) is 0 Å². The number of hydrogen-bond donors (Lipinski definition) is 0. The molecule has 0 atom stereocenters. The second-order valence-corrected chi connectivity index (χ2v) is 3.95. The Kier molecular flexibility index (Phi) is 2.68. The van der Waals surface area contributed by atoms with Gasteiger partial charge in [-0.15, -0.1) is 0 Å². The predicted molar refractivity (Wildman–Crippen MR) is 62.0 cm³/mol. The highest BCUT2D eigenvalue weighted by molar-refractivity contribution is 9.10. The van der Waals surface area contributed by atoms with E-state index in [1.807, 2.05) is 30.5 Å². The van der Waals surface area contributed by atoms with Gasteiger partial charge in [0.05, 0.1) is 11.9 Å². The third-order valence-electron chi connectivity index (χ3n) is 2.04. The predicted octanol–water partition coefficient (Wildman–Crippen LogP) is 3.17. The summed E-state index contributed by atoms with van der Waals surface area (Å²) in [4.78, 5) is 4.40. The van der Waals surface area contributed by atoms with Crippen LogP contribution in [0.15, 0.2) is 39.9 Å². The Morgan fingerprint density at radius 1 is 1.21 bits per heavy atom. The van der Waals surface area contributed by atoms with Crippen molar-refractivity contribution < 1.29 is 0 Å². The number of halogens is 1. The van der Waals surface area contributed by atoms with Crippen LogP contribution in [0.2, 0.25) is 0 Å². The molecule has 0 bridgehead atoms. The lowest BCUT2D eigenvalue weighted by Gasteiger charge is -1.97. The van der Waals surface area contributed by atoms with Crippen molar-refractivity contribution in [3.8, 4) is 0 Å². The highest BCUT2D eigenvalue weighted by atomic mass is 79.9. The van der Waals surface area contributed by atoms with Crippen LogP contribution in [-0.2, 0) is 0 Å². The molecule has 1 radical (unpaired) electrons. The maximum atomic E-state index is 4.40. The van der Waals surface area contributed by atoms with E-state index in [4.69, 9.17) is 0 Å². The van der Waals surface area contributed by atoms with Gasteiger partial charge in [-0.1, -0.05) is 35.0 Å². The third kappa shape index (κ3) is 1.87. The summed E-state index contributed by atoms with van der Waals surface area (Å²) in [6.45, 7) is 2.06. The van der Waals surface area contributed by atoms with Crippen LogP contribution < -0.4 is 5.32 Å². The number of amidine groups is 1. The number of nitrogens with zero attached hydrogens (tertiary/aromatic N) is 2. The van der Waals surface area contributed by atoms with Gasteiger partial charge in [0.1, 0.15) is 5.84 Å². The lowest BCUT2D eigenvalue weighted by atomic mass is 10.2. The zero-order valence-electron chi connectivity index (χ0n) is 7.87. The van der Waals surface area contributed by atoms with Crippen LogP contribution in [0.25, 0.3) is 5.70 Å². The summed E-state index contributed by atoms with van der Waals surface area (Å²) in [5, 5.41) is 4.21. The molecule has 2 nitrogen and oxygen atoms in total. The zero-order chi connectivity index (χ0) is 9.97. The van der Waals surface area contributed by atoms with E-state index in [1.54, 1.807) is 0 Å². The van der Waals surface area contributed by atoms with Crippen molar-refractivity contribution in [2.75, 3.05) is 0 Å². The third-order valence-corrected chi connectivity index (χ3v) is 2.57. The fourth-order valence-electron chi connectivity index (χ4n) is 1.26. The highest BCUT2D eigenvalue weighted by Crippen LogP contribution is 2.21. The summed E-state index contributed by atoms with van der Waals surface area (Å²) < 4.78 is 1.08. The number of rotatable bonds is 2. The number of aliphatic imine (C=N–C) groups is 1. The molecule has 0 spiro atoms. The van der Waals surface area contributed by atoms with E-state index in [0.717, 1.165) is 28.0 Å². The van der Waals surface area contributed by atoms with Crippen LogP contribution in [-0.4, -0.2) is 5.84 Å². The molecule has 3 heteroatoms. The molecule has 0 unspecified atom stereocenters. The average Bonchev–Trinajstić information content (AvgIpc) is 2.67. The molecule has 1 aromatic rings. The fraction of sp³-hybridized carbons (Fsp3) is 0.182. The molecule has 1 heterocycles. The van der Waals surface area contributed by atoms with Gasteiger partial charge in [0.25, 0.3) is 0 Å². The van der Waals surface area contributed by atoms with Crippen molar-refractivity contribution in [3.05, 3.63) is 40.5 Å². The molecular weight excluding hydrogens is 240 g/mol. The molecule has 0 amide bonds. The first-order valence-corrected chi connectivity index (χ1v) is 5.33. The van der Waals surface area contributed by atoms with Gasteiger partial charge in [0.2, 0.25) is 0 Å². The topological polar surface area (TPSA) is 26.5 Å². The highest BCUT2D eigenvalue weighted by Gasteiger charge is 2.09. The maximum Gasteiger partial charge on any atom is 0.128 e. The molecule has 0 aromatic heterocycles. The fourth-order valence-corrected chi connectivity index (χ4v) is 1.53. The molecule has 1 aliphatic rings. The lowest BCUT2D eigenvalue weighted by molar-refractivity contribution is 1.16. The summed E-state index contributed by atoms with van der Waals surface area (Å²) in [6.07, 6.45) is 2.71. The van der Waals surface area contributed by atoms with Crippen LogP contribution in [0, 0.1) is 0 Å². The van der Waals surface area contributed by atoms with E-state index in [1.165, 1.54) is 0 Å². The van der Waals surface area contributed by atoms with E-state index in [2.05, 4.69) is 33.2 Å². The van der Waals surface area contributed by atoms with Crippen LogP contribution in [0.5, 0.6) is 0 Å². The quantitative estimate of drug-likeness (QED) is 0.770. The Morgan fingerprint density at radius 3 is 2.50 bits per heavy atom. The Hall–Kier alpha value is -1.09. The largest absolute Gasteiger partial charge is 0.239 e. The van der Waals surface area contributed by atoms with Crippen molar-refractivity contribution in [1.82, 2.24) is 5.32 Å². The van der Waals surface area contributed by atoms with Crippen LogP contribution in [0.1, 0.15) is 18.9 Å². The van der Waals surface area contributed by atoms with Crippen molar-refractivity contribution in [2.45, 2.75) is 13.3 Å². The molecule has 1 aromatic carbocycles. The molecule has 2 rings (SSSR count). The molecule has 0 N–H and O–H groups in total. The van der Waals surface area contributed by atoms with E-state index >= 15 is 0 Å². The molecule has 1 aliphatic heterocycles. The smallest absolute Gasteiger partial charge is 0.128 e. The minimum absolute atomic E-state index is 0.885.